The predicted octanol–water partition coefficient (Wildman–Crippen LogP) is 4.72. The normalized spacial score (nSPS) is 12.2. The summed E-state index contributed by atoms with van der Waals surface area (Å²) in [6, 6.07) is 10.9. The zero-order valence-electron chi connectivity index (χ0n) is 13.1. The lowest BCUT2D eigenvalue weighted by Crippen LogP contribution is -2.26. The van der Waals surface area contributed by atoms with Crippen molar-refractivity contribution >= 4 is 28.5 Å². The number of halogens is 2. The lowest BCUT2D eigenvalue weighted by Gasteiger charge is -2.14. The second kappa shape index (κ2) is 6.53. The first-order valence-corrected chi connectivity index (χ1v) is 7.69. The lowest BCUT2D eigenvalue weighted by molar-refractivity contribution is 0.0914. The highest BCUT2D eigenvalue weighted by Gasteiger charge is 2.17. The van der Waals surface area contributed by atoms with E-state index in [1.807, 2.05) is 0 Å². The van der Waals surface area contributed by atoms with Gasteiger partial charge in [-0.15, -0.1) is 0 Å². The first-order chi connectivity index (χ1) is 11.5. The maximum Gasteiger partial charge on any atom is 0.287 e. The average Bonchev–Trinajstić information content (AvgIpc) is 2.97. The zero-order chi connectivity index (χ0) is 17.3. The first kappa shape index (κ1) is 16.3. The molecule has 0 radical (unpaired) electrons. The first-order valence-electron chi connectivity index (χ1n) is 7.31. The highest BCUT2D eigenvalue weighted by atomic mass is 35.5. The van der Waals surface area contributed by atoms with E-state index in [4.69, 9.17) is 20.8 Å². The fourth-order valence-electron chi connectivity index (χ4n) is 2.43. The van der Waals surface area contributed by atoms with Gasteiger partial charge < -0.3 is 14.5 Å². The van der Waals surface area contributed by atoms with Crippen molar-refractivity contribution in [3.05, 3.63) is 64.6 Å². The van der Waals surface area contributed by atoms with Gasteiger partial charge in [0.1, 0.15) is 5.58 Å². The summed E-state index contributed by atoms with van der Waals surface area (Å²) in [6.45, 7) is 1.76. The number of amides is 1. The summed E-state index contributed by atoms with van der Waals surface area (Å²) in [4.78, 5) is 12.3. The van der Waals surface area contributed by atoms with Crippen LogP contribution in [-0.2, 0) is 0 Å². The molecule has 1 N–H and O–H groups in total. The van der Waals surface area contributed by atoms with Gasteiger partial charge in [-0.25, -0.2) is 4.39 Å². The highest BCUT2D eigenvalue weighted by Crippen LogP contribution is 2.25. The second-order valence-electron chi connectivity index (χ2n) is 5.38. The molecule has 24 heavy (non-hydrogen) atoms. The molecule has 0 saturated heterocycles. The number of rotatable bonds is 4. The Morgan fingerprint density at radius 3 is 2.75 bits per heavy atom. The molecule has 2 aromatic carbocycles. The van der Waals surface area contributed by atoms with Crippen molar-refractivity contribution in [3.63, 3.8) is 0 Å². The minimum Gasteiger partial charge on any atom is -0.494 e. The van der Waals surface area contributed by atoms with Gasteiger partial charge in [0, 0.05) is 10.4 Å². The molecule has 0 aliphatic carbocycles. The molecule has 0 spiro atoms. The molecule has 0 aliphatic heterocycles. The Hall–Kier alpha value is -2.53. The Kier molecular flexibility index (Phi) is 4.44. The van der Waals surface area contributed by atoms with E-state index in [0.29, 0.717) is 16.2 Å². The molecule has 3 rings (SSSR count). The SMILES string of the molecule is COc1ccc([C@H](C)NC(=O)c2cc3cc(Cl)ccc3o2)cc1F. The van der Waals surface area contributed by atoms with Gasteiger partial charge in [-0.2, -0.15) is 0 Å². The van der Waals surface area contributed by atoms with E-state index in [2.05, 4.69) is 5.32 Å². The third-order valence-corrected chi connectivity index (χ3v) is 3.96. The monoisotopic (exact) mass is 347 g/mol. The van der Waals surface area contributed by atoms with Crippen LogP contribution in [-0.4, -0.2) is 13.0 Å². The van der Waals surface area contributed by atoms with Crippen LogP contribution < -0.4 is 10.1 Å². The third kappa shape index (κ3) is 3.21. The lowest BCUT2D eigenvalue weighted by atomic mass is 10.1. The molecule has 0 fully saturated rings. The fourth-order valence-corrected chi connectivity index (χ4v) is 2.61. The van der Waals surface area contributed by atoms with Crippen LogP contribution in [0.25, 0.3) is 11.0 Å². The predicted molar refractivity (Wildman–Crippen MR) is 90.1 cm³/mol. The van der Waals surface area contributed by atoms with Crippen LogP contribution in [0.2, 0.25) is 5.02 Å². The van der Waals surface area contributed by atoms with Crippen LogP contribution >= 0.6 is 11.6 Å². The molecule has 3 aromatic rings. The largest absolute Gasteiger partial charge is 0.494 e. The van der Waals surface area contributed by atoms with E-state index in [1.165, 1.54) is 19.2 Å². The molecule has 1 atom stereocenters. The molecule has 0 saturated carbocycles. The summed E-state index contributed by atoms with van der Waals surface area (Å²) in [5.41, 5.74) is 1.20. The van der Waals surface area contributed by atoms with E-state index in [-0.39, 0.29) is 17.4 Å². The van der Waals surface area contributed by atoms with Gasteiger partial charge in [-0.05, 0) is 48.9 Å². The van der Waals surface area contributed by atoms with Crippen LogP contribution in [0.4, 0.5) is 4.39 Å². The van der Waals surface area contributed by atoms with Crippen molar-refractivity contribution in [1.29, 1.82) is 0 Å². The van der Waals surface area contributed by atoms with E-state index in [1.54, 1.807) is 37.3 Å². The van der Waals surface area contributed by atoms with Crippen molar-refractivity contribution in [3.8, 4) is 5.75 Å². The molecule has 0 bridgehead atoms. The van der Waals surface area contributed by atoms with Crippen LogP contribution in [0.1, 0.15) is 29.1 Å². The van der Waals surface area contributed by atoms with Crippen molar-refractivity contribution in [2.24, 2.45) is 0 Å². The quantitative estimate of drug-likeness (QED) is 0.742. The minimum absolute atomic E-state index is 0.159. The number of carbonyl (C=O) groups excluding carboxylic acids is 1. The summed E-state index contributed by atoms with van der Waals surface area (Å²) in [6.07, 6.45) is 0. The van der Waals surface area contributed by atoms with Crippen molar-refractivity contribution in [2.45, 2.75) is 13.0 Å². The average molecular weight is 348 g/mol. The summed E-state index contributed by atoms with van der Waals surface area (Å²) in [5.74, 6) is -0.528. The summed E-state index contributed by atoms with van der Waals surface area (Å²) in [7, 11) is 1.40. The maximum absolute atomic E-state index is 13.8. The maximum atomic E-state index is 13.8. The Bertz CT molecular complexity index is 906. The van der Waals surface area contributed by atoms with Crippen LogP contribution in [0.3, 0.4) is 0 Å². The molecule has 0 unspecified atom stereocenters. The zero-order valence-corrected chi connectivity index (χ0v) is 13.9. The van der Waals surface area contributed by atoms with Crippen molar-refractivity contribution < 1.29 is 18.3 Å². The van der Waals surface area contributed by atoms with Gasteiger partial charge in [0.25, 0.3) is 5.91 Å². The van der Waals surface area contributed by atoms with Crippen LogP contribution in [0, 0.1) is 5.82 Å². The van der Waals surface area contributed by atoms with Gasteiger partial charge >= 0.3 is 0 Å². The van der Waals surface area contributed by atoms with Crippen LogP contribution in [0.5, 0.6) is 5.75 Å². The number of ether oxygens (including phenoxy) is 1. The van der Waals surface area contributed by atoms with E-state index < -0.39 is 11.9 Å². The Morgan fingerprint density at radius 1 is 1.25 bits per heavy atom. The smallest absolute Gasteiger partial charge is 0.287 e. The number of nitrogens with one attached hydrogen (secondary N) is 1. The second-order valence-corrected chi connectivity index (χ2v) is 5.82. The van der Waals surface area contributed by atoms with Crippen molar-refractivity contribution in [1.82, 2.24) is 5.32 Å². The van der Waals surface area contributed by atoms with E-state index in [0.717, 1.165) is 5.39 Å². The standard InChI is InChI=1S/C18H15ClFNO3/c1-10(11-3-5-16(23-2)14(20)8-11)21-18(22)17-9-12-7-13(19)4-6-15(12)24-17/h3-10H,1-2H3,(H,21,22)/t10-/m0/s1. The third-order valence-electron chi connectivity index (χ3n) is 3.73. The molecule has 1 heterocycles. The number of hydrogen-bond donors (Lipinski definition) is 1. The summed E-state index contributed by atoms with van der Waals surface area (Å²) in [5, 5.41) is 4.09. The molecule has 1 amide bonds. The minimum atomic E-state index is -0.477. The topological polar surface area (TPSA) is 51.5 Å². The summed E-state index contributed by atoms with van der Waals surface area (Å²) < 4.78 is 24.2. The van der Waals surface area contributed by atoms with Gasteiger partial charge in [0.15, 0.2) is 17.3 Å². The molecular formula is C18H15ClFNO3. The molecule has 1 aromatic heterocycles. The highest BCUT2D eigenvalue weighted by molar-refractivity contribution is 6.31. The van der Waals surface area contributed by atoms with Gasteiger partial charge in [-0.3, -0.25) is 4.79 Å². The number of furan rings is 1. The molecule has 0 aliphatic rings. The fraction of sp³-hybridized carbons (Fsp3) is 0.167. The van der Waals surface area contributed by atoms with Gasteiger partial charge in [0.05, 0.1) is 13.2 Å². The number of benzene rings is 2. The summed E-state index contributed by atoms with van der Waals surface area (Å²) >= 11 is 5.92. The Morgan fingerprint density at radius 2 is 2.04 bits per heavy atom. The van der Waals surface area contributed by atoms with E-state index in [9.17, 15) is 9.18 Å². The number of carbonyl (C=O) groups is 1. The Balaban J connectivity index is 1.78. The number of methoxy groups -OCH3 is 1. The van der Waals surface area contributed by atoms with E-state index >= 15 is 0 Å². The van der Waals surface area contributed by atoms with Gasteiger partial charge in [-0.1, -0.05) is 17.7 Å². The molecule has 6 heteroatoms. The van der Waals surface area contributed by atoms with Crippen molar-refractivity contribution in [2.75, 3.05) is 7.11 Å². The van der Waals surface area contributed by atoms with Crippen LogP contribution in [0.15, 0.2) is 46.9 Å². The van der Waals surface area contributed by atoms with Gasteiger partial charge in [0.2, 0.25) is 0 Å². The molecular weight excluding hydrogens is 333 g/mol. The number of fused-ring (bicyclic) bond motifs is 1. The number of hydrogen-bond acceptors (Lipinski definition) is 3. The molecule has 4 nitrogen and oxygen atoms in total. The molecule has 124 valence electrons. The Labute approximate surface area is 143 Å².